The molecule has 0 spiro atoms. The van der Waals surface area contributed by atoms with Gasteiger partial charge < -0.3 is 5.11 Å². The van der Waals surface area contributed by atoms with Gasteiger partial charge in [0.25, 0.3) is 0 Å². The van der Waals surface area contributed by atoms with Crippen LogP contribution in [0.1, 0.15) is 21.8 Å². The number of halogens is 1. The van der Waals surface area contributed by atoms with E-state index < -0.39 is 0 Å². The van der Waals surface area contributed by atoms with Gasteiger partial charge in [-0.2, -0.15) is 4.68 Å². The normalized spacial score (nSPS) is 14.4. The van der Waals surface area contributed by atoms with Crippen molar-refractivity contribution in [2.75, 3.05) is 0 Å². The van der Waals surface area contributed by atoms with Crippen molar-refractivity contribution in [3.63, 3.8) is 0 Å². The number of aromatic hydroxyl groups is 1. The Morgan fingerprint density at radius 2 is 1.88 bits per heavy atom. The fraction of sp³-hybridized carbons (Fsp3) is 0.111. The van der Waals surface area contributed by atoms with Crippen molar-refractivity contribution >= 4 is 63.0 Å². The molecule has 0 saturated heterocycles. The third-order valence-electron chi connectivity index (χ3n) is 4.12. The van der Waals surface area contributed by atoms with Crippen molar-refractivity contribution in [2.24, 2.45) is 4.99 Å². The molecule has 1 aromatic carbocycles. The van der Waals surface area contributed by atoms with Crippen LogP contribution >= 0.6 is 39.5 Å². The molecule has 3 heterocycles. The average molecular weight is 432 g/mol. The van der Waals surface area contributed by atoms with Gasteiger partial charge in [-0.3, -0.25) is 9.67 Å². The van der Waals surface area contributed by atoms with Gasteiger partial charge in [-0.25, -0.2) is 0 Å². The van der Waals surface area contributed by atoms with Crippen LogP contribution in [0, 0.1) is 17.8 Å². The largest absolute Gasteiger partial charge is 0.492 e. The summed E-state index contributed by atoms with van der Waals surface area (Å²) in [5.41, 5.74) is 4.94. The molecule has 0 saturated carbocycles. The Bertz CT molecular complexity index is 1100. The van der Waals surface area contributed by atoms with Crippen LogP contribution in [0.5, 0.6) is 5.88 Å². The Labute approximate surface area is 162 Å². The van der Waals surface area contributed by atoms with Gasteiger partial charge in [-0.05, 0) is 62.5 Å². The molecule has 1 aliphatic heterocycles. The smallest absolute Gasteiger partial charge is 0.230 e. The van der Waals surface area contributed by atoms with E-state index in [0.29, 0.717) is 8.83 Å². The van der Waals surface area contributed by atoms with E-state index in [1.54, 1.807) is 4.68 Å². The van der Waals surface area contributed by atoms with Crippen molar-refractivity contribution in [3.8, 4) is 5.88 Å². The van der Waals surface area contributed by atoms with Gasteiger partial charge in [0.15, 0.2) is 3.95 Å². The molecule has 0 amide bonds. The number of allylic oxidation sites excluding steroid dienone is 1. The second-order valence-electron chi connectivity index (χ2n) is 5.81. The first-order valence-electron chi connectivity index (χ1n) is 7.62. The zero-order valence-corrected chi connectivity index (χ0v) is 16.7. The Morgan fingerprint density at radius 1 is 1.16 bits per heavy atom. The van der Waals surface area contributed by atoms with E-state index in [2.05, 4.69) is 20.9 Å². The summed E-state index contributed by atoms with van der Waals surface area (Å²) in [4.78, 5) is 5.14. The summed E-state index contributed by atoms with van der Waals surface area (Å²) in [6.07, 6.45) is 3.75. The maximum absolute atomic E-state index is 10.8. The van der Waals surface area contributed by atoms with Crippen molar-refractivity contribution in [1.82, 2.24) is 9.35 Å². The van der Waals surface area contributed by atoms with E-state index in [0.717, 1.165) is 32.7 Å². The van der Waals surface area contributed by atoms with E-state index in [1.165, 1.54) is 11.3 Å². The second-order valence-corrected chi connectivity index (χ2v) is 8.41. The number of benzene rings is 1. The van der Waals surface area contributed by atoms with E-state index in [1.807, 2.05) is 61.1 Å². The summed E-state index contributed by atoms with van der Waals surface area (Å²) in [7, 11) is 0. The van der Waals surface area contributed by atoms with Crippen LogP contribution in [0.3, 0.4) is 0 Å². The Morgan fingerprint density at radius 3 is 2.60 bits per heavy atom. The van der Waals surface area contributed by atoms with Gasteiger partial charge in [0.2, 0.25) is 5.88 Å². The molecule has 1 aliphatic rings. The van der Waals surface area contributed by atoms with Gasteiger partial charge in [-0.15, -0.1) is 0 Å². The maximum Gasteiger partial charge on any atom is 0.230 e. The number of fused-ring (bicyclic) bond motifs is 1. The van der Waals surface area contributed by atoms with Crippen LogP contribution in [-0.4, -0.2) is 20.7 Å². The Hall–Kier alpha value is -1.96. The van der Waals surface area contributed by atoms with Crippen molar-refractivity contribution in [1.29, 1.82) is 0 Å². The summed E-state index contributed by atoms with van der Waals surface area (Å²) in [6.45, 7) is 3.98. The molecule has 126 valence electrons. The van der Waals surface area contributed by atoms with Gasteiger partial charge in [0.1, 0.15) is 0 Å². The fourth-order valence-electron chi connectivity index (χ4n) is 2.94. The molecular weight excluding hydrogens is 418 g/mol. The Balaban J connectivity index is 1.86. The number of hydrogen-bond acceptors (Lipinski definition) is 4. The summed E-state index contributed by atoms with van der Waals surface area (Å²) >= 11 is 10.4. The van der Waals surface area contributed by atoms with Crippen LogP contribution in [0.4, 0.5) is 5.69 Å². The molecule has 25 heavy (non-hydrogen) atoms. The molecule has 0 fully saturated rings. The Kier molecular flexibility index (Phi) is 4.02. The van der Waals surface area contributed by atoms with E-state index >= 15 is 0 Å². The summed E-state index contributed by atoms with van der Waals surface area (Å²) in [5, 5.41) is 10.8. The molecule has 4 rings (SSSR count). The van der Waals surface area contributed by atoms with E-state index in [9.17, 15) is 5.11 Å². The second kappa shape index (κ2) is 6.09. The van der Waals surface area contributed by atoms with Gasteiger partial charge >= 0.3 is 0 Å². The average Bonchev–Trinajstić information content (AvgIpc) is 3.19. The summed E-state index contributed by atoms with van der Waals surface area (Å²) < 4.78 is 5.18. The van der Waals surface area contributed by atoms with Crippen LogP contribution in [0.25, 0.3) is 11.6 Å². The zero-order valence-electron chi connectivity index (χ0n) is 13.5. The summed E-state index contributed by atoms with van der Waals surface area (Å²) in [6, 6.07) is 9.97. The third kappa shape index (κ3) is 2.72. The van der Waals surface area contributed by atoms with E-state index in [4.69, 9.17) is 12.2 Å². The zero-order chi connectivity index (χ0) is 17.7. The topological polar surface area (TPSA) is 42.5 Å². The van der Waals surface area contributed by atoms with Crippen LogP contribution in [0.15, 0.2) is 39.8 Å². The molecule has 0 radical (unpaired) electrons. The number of thiazole rings is 1. The highest BCUT2D eigenvalue weighted by atomic mass is 79.9. The molecule has 2 aromatic heterocycles. The molecular formula is C18H14BrN3OS2. The molecule has 7 heteroatoms. The lowest BCUT2D eigenvalue weighted by Crippen LogP contribution is -2.11. The number of hydrogen-bond donors (Lipinski definition) is 1. The number of aliphatic imine (C=N–C) groups is 1. The van der Waals surface area contributed by atoms with Crippen molar-refractivity contribution < 1.29 is 5.11 Å². The lowest BCUT2D eigenvalue weighted by atomic mass is 10.1. The SMILES string of the molecule is Cc1ccc(C)n1-n1c(O)c(C=C2C=Nc3ccc(Br)cc32)sc1=S. The van der Waals surface area contributed by atoms with Crippen LogP contribution in [-0.2, 0) is 0 Å². The highest BCUT2D eigenvalue weighted by Gasteiger charge is 2.17. The predicted molar refractivity (Wildman–Crippen MR) is 110 cm³/mol. The van der Waals surface area contributed by atoms with E-state index in [-0.39, 0.29) is 5.88 Å². The van der Waals surface area contributed by atoms with Gasteiger partial charge in [0, 0.05) is 33.2 Å². The molecule has 0 aliphatic carbocycles. The first-order chi connectivity index (χ1) is 12.0. The molecule has 1 N–H and O–H groups in total. The molecule has 0 unspecified atom stereocenters. The summed E-state index contributed by atoms with van der Waals surface area (Å²) in [5.74, 6) is 0.141. The monoisotopic (exact) mass is 431 g/mol. The minimum absolute atomic E-state index is 0.141. The maximum atomic E-state index is 10.8. The first-order valence-corrected chi connectivity index (χ1v) is 9.63. The van der Waals surface area contributed by atoms with Crippen LogP contribution < -0.4 is 0 Å². The highest BCUT2D eigenvalue weighted by molar-refractivity contribution is 9.10. The quantitative estimate of drug-likeness (QED) is 0.526. The van der Waals surface area contributed by atoms with Crippen molar-refractivity contribution in [2.45, 2.75) is 13.8 Å². The standard InChI is InChI=1S/C18H14BrN3OS2/c1-10-3-4-11(2)21(10)22-17(23)16(25-18(22)24)7-12-9-20-15-6-5-13(19)8-14(12)15/h3-9,23H,1-2H3. The number of aromatic nitrogens is 2. The molecule has 0 atom stereocenters. The lowest BCUT2D eigenvalue weighted by molar-refractivity contribution is 0.399. The van der Waals surface area contributed by atoms with Crippen LogP contribution in [0.2, 0.25) is 0 Å². The minimum atomic E-state index is 0.141. The number of nitrogens with zero attached hydrogens (tertiary/aromatic N) is 3. The predicted octanol–water partition coefficient (Wildman–Crippen LogP) is 5.73. The number of aryl methyl sites for hydroxylation is 2. The lowest BCUT2D eigenvalue weighted by Gasteiger charge is -2.11. The van der Waals surface area contributed by atoms with Gasteiger partial charge in [0.05, 0.1) is 10.6 Å². The highest BCUT2D eigenvalue weighted by Crippen LogP contribution is 2.37. The molecule has 4 nitrogen and oxygen atoms in total. The molecule has 0 bridgehead atoms. The van der Waals surface area contributed by atoms with Gasteiger partial charge in [-0.1, -0.05) is 27.3 Å². The fourth-order valence-corrected chi connectivity index (χ4v) is 4.54. The number of rotatable bonds is 2. The first kappa shape index (κ1) is 16.5. The van der Waals surface area contributed by atoms with Crippen molar-refractivity contribution in [3.05, 3.63) is 60.6 Å². The third-order valence-corrected chi connectivity index (χ3v) is 5.91. The molecule has 3 aromatic rings. The minimum Gasteiger partial charge on any atom is -0.492 e.